The van der Waals surface area contributed by atoms with E-state index in [-0.39, 0.29) is 5.91 Å². The van der Waals surface area contributed by atoms with Crippen LogP contribution in [0.3, 0.4) is 0 Å². The summed E-state index contributed by atoms with van der Waals surface area (Å²) in [6, 6.07) is 9.84. The zero-order valence-corrected chi connectivity index (χ0v) is 9.73. The second-order valence-electron chi connectivity index (χ2n) is 4.44. The van der Waals surface area contributed by atoms with Crippen molar-refractivity contribution in [2.24, 2.45) is 5.41 Å². The lowest BCUT2D eigenvalue weighted by atomic mass is 9.90. The summed E-state index contributed by atoms with van der Waals surface area (Å²) in [6.07, 6.45) is 1.90. The molecule has 1 amide bonds. The van der Waals surface area contributed by atoms with E-state index in [0.29, 0.717) is 5.76 Å². The van der Waals surface area contributed by atoms with Crippen LogP contribution in [0.1, 0.15) is 19.4 Å². The first-order valence-corrected chi connectivity index (χ1v) is 5.25. The Labute approximate surface area is 95.3 Å². The fourth-order valence-corrected chi connectivity index (χ4v) is 1.71. The SMILES string of the molecule is CN1O/C(=C\c2ccccc2)C(C)(C)C1=O. The van der Waals surface area contributed by atoms with E-state index in [1.54, 1.807) is 7.05 Å². The molecule has 2 rings (SSSR count). The Hall–Kier alpha value is -1.77. The zero-order valence-electron chi connectivity index (χ0n) is 9.73. The summed E-state index contributed by atoms with van der Waals surface area (Å²) < 4.78 is 0. The predicted octanol–water partition coefficient (Wildman–Crippen LogP) is 2.46. The molecule has 1 saturated heterocycles. The van der Waals surface area contributed by atoms with Crippen LogP contribution in [0, 0.1) is 5.41 Å². The van der Waals surface area contributed by atoms with Crippen LogP contribution in [0.2, 0.25) is 0 Å². The molecule has 1 heterocycles. The average Bonchev–Trinajstić information content (AvgIpc) is 2.45. The van der Waals surface area contributed by atoms with Gasteiger partial charge >= 0.3 is 0 Å². The van der Waals surface area contributed by atoms with Gasteiger partial charge in [0.15, 0.2) is 0 Å². The van der Waals surface area contributed by atoms with Crippen molar-refractivity contribution in [3.05, 3.63) is 41.7 Å². The average molecular weight is 217 g/mol. The molecule has 1 aliphatic rings. The van der Waals surface area contributed by atoms with Crippen LogP contribution >= 0.6 is 0 Å². The topological polar surface area (TPSA) is 29.5 Å². The minimum Gasteiger partial charge on any atom is -0.380 e. The number of benzene rings is 1. The molecule has 3 heteroatoms. The van der Waals surface area contributed by atoms with Crippen molar-refractivity contribution in [1.82, 2.24) is 5.06 Å². The number of carbonyl (C=O) groups is 1. The highest BCUT2D eigenvalue weighted by Gasteiger charge is 2.44. The van der Waals surface area contributed by atoms with E-state index in [9.17, 15) is 4.79 Å². The maximum Gasteiger partial charge on any atom is 0.268 e. The molecule has 0 N–H and O–H groups in total. The third-order valence-corrected chi connectivity index (χ3v) is 2.77. The van der Waals surface area contributed by atoms with Crippen molar-refractivity contribution < 1.29 is 9.63 Å². The van der Waals surface area contributed by atoms with Crippen LogP contribution in [0.5, 0.6) is 0 Å². The third-order valence-electron chi connectivity index (χ3n) is 2.77. The van der Waals surface area contributed by atoms with Gasteiger partial charge in [0.1, 0.15) is 11.2 Å². The summed E-state index contributed by atoms with van der Waals surface area (Å²) in [4.78, 5) is 17.2. The van der Waals surface area contributed by atoms with Crippen molar-refractivity contribution in [3.8, 4) is 0 Å². The summed E-state index contributed by atoms with van der Waals surface area (Å²) in [5.41, 5.74) is 0.457. The molecule has 0 bridgehead atoms. The second-order valence-corrected chi connectivity index (χ2v) is 4.44. The molecule has 1 aromatic carbocycles. The number of hydroxylamine groups is 2. The number of rotatable bonds is 1. The predicted molar refractivity (Wildman–Crippen MR) is 62.1 cm³/mol. The second kappa shape index (κ2) is 3.67. The number of hydrogen-bond acceptors (Lipinski definition) is 2. The lowest BCUT2D eigenvalue weighted by Crippen LogP contribution is -2.27. The molecule has 0 aromatic heterocycles. The minimum absolute atomic E-state index is 0.0188. The molecule has 3 nitrogen and oxygen atoms in total. The van der Waals surface area contributed by atoms with Gasteiger partial charge in [-0.15, -0.1) is 0 Å². The van der Waals surface area contributed by atoms with E-state index < -0.39 is 5.41 Å². The quantitative estimate of drug-likeness (QED) is 0.723. The fourth-order valence-electron chi connectivity index (χ4n) is 1.71. The third kappa shape index (κ3) is 1.69. The van der Waals surface area contributed by atoms with Gasteiger partial charge in [-0.2, -0.15) is 5.06 Å². The molecular formula is C13H15NO2. The van der Waals surface area contributed by atoms with Gasteiger partial charge in [-0.25, -0.2) is 0 Å². The van der Waals surface area contributed by atoms with Gasteiger partial charge in [-0.3, -0.25) is 4.79 Å². The van der Waals surface area contributed by atoms with E-state index in [2.05, 4.69) is 0 Å². The minimum atomic E-state index is -0.579. The van der Waals surface area contributed by atoms with Gasteiger partial charge < -0.3 is 4.84 Å². The Kier molecular flexibility index (Phi) is 2.46. The number of hydrogen-bond donors (Lipinski definition) is 0. The smallest absolute Gasteiger partial charge is 0.268 e. The normalized spacial score (nSPS) is 21.3. The first-order valence-electron chi connectivity index (χ1n) is 5.25. The molecule has 16 heavy (non-hydrogen) atoms. The van der Waals surface area contributed by atoms with Crippen LogP contribution in [0.25, 0.3) is 6.08 Å². The standard InChI is InChI=1S/C13H15NO2/c1-13(2)11(16-14(3)12(13)15)9-10-7-5-4-6-8-10/h4-9H,1-3H3/b11-9-. The first kappa shape index (κ1) is 10.7. The molecule has 0 saturated carbocycles. The molecule has 0 atom stereocenters. The molecule has 84 valence electrons. The van der Waals surface area contributed by atoms with Gasteiger partial charge in [0.2, 0.25) is 0 Å². The van der Waals surface area contributed by atoms with E-state index >= 15 is 0 Å². The van der Waals surface area contributed by atoms with Crippen LogP contribution in [0.4, 0.5) is 0 Å². The lowest BCUT2D eigenvalue weighted by Gasteiger charge is -2.11. The maximum atomic E-state index is 11.8. The highest BCUT2D eigenvalue weighted by molar-refractivity contribution is 5.87. The lowest BCUT2D eigenvalue weighted by molar-refractivity contribution is -0.152. The number of nitrogens with zero attached hydrogens (tertiary/aromatic N) is 1. The summed E-state index contributed by atoms with van der Waals surface area (Å²) in [7, 11) is 1.63. The van der Waals surface area contributed by atoms with E-state index in [4.69, 9.17) is 4.84 Å². The van der Waals surface area contributed by atoms with Gasteiger partial charge in [-0.05, 0) is 25.5 Å². The van der Waals surface area contributed by atoms with Crippen LogP contribution in [0.15, 0.2) is 36.1 Å². The summed E-state index contributed by atoms with van der Waals surface area (Å²) in [5, 5.41) is 1.29. The Morgan fingerprint density at radius 2 is 1.88 bits per heavy atom. The van der Waals surface area contributed by atoms with Crippen molar-refractivity contribution in [3.63, 3.8) is 0 Å². The Bertz CT molecular complexity index is 435. The molecular weight excluding hydrogens is 202 g/mol. The number of carbonyl (C=O) groups excluding carboxylic acids is 1. The van der Waals surface area contributed by atoms with Crippen LogP contribution < -0.4 is 0 Å². The van der Waals surface area contributed by atoms with E-state index in [0.717, 1.165) is 5.56 Å². The van der Waals surface area contributed by atoms with Gasteiger partial charge in [0.05, 0.1) is 0 Å². The summed E-state index contributed by atoms with van der Waals surface area (Å²) in [5.74, 6) is 0.667. The molecule has 1 fully saturated rings. The van der Waals surface area contributed by atoms with Crippen molar-refractivity contribution >= 4 is 12.0 Å². The molecule has 1 aromatic rings. The van der Waals surface area contributed by atoms with Gasteiger partial charge in [-0.1, -0.05) is 30.3 Å². The summed E-state index contributed by atoms with van der Waals surface area (Å²) >= 11 is 0. The first-order chi connectivity index (χ1) is 7.51. The van der Waals surface area contributed by atoms with Crippen molar-refractivity contribution in [2.75, 3.05) is 7.05 Å². The zero-order chi connectivity index (χ0) is 11.8. The summed E-state index contributed by atoms with van der Waals surface area (Å²) in [6.45, 7) is 3.74. The highest BCUT2D eigenvalue weighted by atomic mass is 16.7. The fraction of sp³-hybridized carbons (Fsp3) is 0.308. The number of amides is 1. The molecule has 1 aliphatic heterocycles. The molecule has 0 spiro atoms. The highest BCUT2D eigenvalue weighted by Crippen LogP contribution is 2.37. The Morgan fingerprint density at radius 1 is 1.25 bits per heavy atom. The van der Waals surface area contributed by atoms with Crippen molar-refractivity contribution in [1.29, 1.82) is 0 Å². The Morgan fingerprint density at radius 3 is 2.38 bits per heavy atom. The molecule has 0 radical (unpaired) electrons. The molecule has 0 aliphatic carbocycles. The van der Waals surface area contributed by atoms with Gasteiger partial charge in [0.25, 0.3) is 5.91 Å². The van der Waals surface area contributed by atoms with Crippen LogP contribution in [-0.4, -0.2) is 18.0 Å². The monoisotopic (exact) mass is 217 g/mol. The maximum absolute atomic E-state index is 11.8. The molecule has 0 unspecified atom stereocenters. The van der Waals surface area contributed by atoms with E-state index in [1.165, 1.54) is 5.06 Å². The van der Waals surface area contributed by atoms with Gasteiger partial charge in [0, 0.05) is 7.05 Å². The largest absolute Gasteiger partial charge is 0.380 e. The van der Waals surface area contributed by atoms with Crippen LogP contribution in [-0.2, 0) is 9.63 Å². The van der Waals surface area contributed by atoms with Crippen molar-refractivity contribution in [2.45, 2.75) is 13.8 Å². The Balaban J connectivity index is 2.36. The van der Waals surface area contributed by atoms with E-state index in [1.807, 2.05) is 50.3 Å².